The average Bonchev–Trinajstić information content (AvgIpc) is 3.29. The number of nitrogens with zero attached hydrogens (tertiary/aromatic N) is 1. The summed E-state index contributed by atoms with van der Waals surface area (Å²) in [5.41, 5.74) is 6.56. The fourth-order valence-corrected chi connectivity index (χ4v) is 5.31. The normalized spacial score (nSPS) is 13.1. The van der Waals surface area contributed by atoms with Crippen LogP contribution in [0, 0.1) is 12.1 Å². The number of ether oxygens (including phenoxy) is 3. The van der Waals surface area contributed by atoms with Gasteiger partial charge in [0.25, 0.3) is 5.91 Å². The van der Waals surface area contributed by atoms with Crippen molar-refractivity contribution in [1.82, 2.24) is 0 Å². The molecule has 3 aromatic carbocycles. The third-order valence-electron chi connectivity index (χ3n) is 7.88. The predicted octanol–water partition coefficient (Wildman–Crippen LogP) is 6.42. The van der Waals surface area contributed by atoms with Gasteiger partial charge in [-0.05, 0) is 78.4 Å². The molecule has 0 aliphatic carbocycles. The number of aryl methyl sites for hydroxylation is 1. The van der Waals surface area contributed by atoms with Gasteiger partial charge in [-0.25, -0.2) is 0 Å². The molecule has 46 heavy (non-hydrogen) atoms. The van der Waals surface area contributed by atoms with E-state index < -0.39 is 6.10 Å². The lowest BCUT2D eigenvalue weighted by Gasteiger charge is -2.16. The molecule has 1 unspecified atom stereocenters. The SMILES string of the molecule is CCCCOCCOc1ccc(-c2ccc3c(c2)C=C(C(=O)Nc2ccc(C(O)c4cc(C)cc[n+]4[O-])c(OC)c2)CCN3)cc1. The second-order valence-corrected chi connectivity index (χ2v) is 11.3. The summed E-state index contributed by atoms with van der Waals surface area (Å²) in [5.74, 6) is 0.920. The molecule has 9 heteroatoms. The van der Waals surface area contributed by atoms with Crippen molar-refractivity contribution >= 4 is 23.4 Å². The Balaban J connectivity index is 1.28. The Morgan fingerprint density at radius 1 is 1.02 bits per heavy atom. The standard InChI is InChI=1S/C37H41N3O6/c1-4-5-18-45-19-20-46-31-10-6-26(7-11-31)27-8-13-33-29(22-27)23-28(14-16-38-33)37(42)39-30-9-12-32(35(24-30)44-3)36(41)34-21-25(2)15-17-40(34)43/h6-13,15,17,21-24,36,38,41H,4-5,14,16,18-20H2,1-3H3,(H,39,42). The number of amides is 1. The minimum absolute atomic E-state index is 0.191. The minimum Gasteiger partial charge on any atom is -0.618 e. The van der Waals surface area contributed by atoms with Crippen LogP contribution in [0.4, 0.5) is 11.4 Å². The number of aliphatic hydroxyl groups is 1. The molecule has 0 bridgehead atoms. The summed E-state index contributed by atoms with van der Waals surface area (Å²) in [4.78, 5) is 13.4. The van der Waals surface area contributed by atoms with Gasteiger partial charge < -0.3 is 35.2 Å². The number of rotatable bonds is 13. The number of unbranched alkanes of at least 4 members (excludes halogenated alkanes) is 1. The van der Waals surface area contributed by atoms with Gasteiger partial charge in [0.15, 0.2) is 12.3 Å². The van der Waals surface area contributed by atoms with Gasteiger partial charge in [0.05, 0.1) is 13.7 Å². The van der Waals surface area contributed by atoms with Crippen molar-refractivity contribution in [3.05, 3.63) is 112 Å². The first kappa shape index (κ1) is 32.5. The lowest BCUT2D eigenvalue weighted by Crippen LogP contribution is -2.33. The summed E-state index contributed by atoms with van der Waals surface area (Å²) >= 11 is 0. The van der Waals surface area contributed by atoms with Crippen molar-refractivity contribution in [3.63, 3.8) is 0 Å². The fourth-order valence-electron chi connectivity index (χ4n) is 5.31. The van der Waals surface area contributed by atoms with E-state index in [-0.39, 0.29) is 11.6 Å². The summed E-state index contributed by atoms with van der Waals surface area (Å²) < 4.78 is 17.5. The highest BCUT2D eigenvalue weighted by Crippen LogP contribution is 2.33. The van der Waals surface area contributed by atoms with E-state index in [9.17, 15) is 15.1 Å². The zero-order valence-electron chi connectivity index (χ0n) is 26.5. The monoisotopic (exact) mass is 623 g/mol. The molecule has 0 radical (unpaired) electrons. The van der Waals surface area contributed by atoms with Crippen LogP contribution in [0.1, 0.15) is 54.7 Å². The second-order valence-electron chi connectivity index (χ2n) is 11.3. The van der Waals surface area contributed by atoms with E-state index in [1.54, 1.807) is 30.3 Å². The number of hydrogen-bond donors (Lipinski definition) is 3. The smallest absolute Gasteiger partial charge is 0.251 e. The van der Waals surface area contributed by atoms with Crippen LogP contribution in [0.5, 0.6) is 11.5 Å². The summed E-state index contributed by atoms with van der Waals surface area (Å²) in [7, 11) is 1.48. The van der Waals surface area contributed by atoms with Gasteiger partial charge in [-0.1, -0.05) is 37.6 Å². The Morgan fingerprint density at radius 2 is 1.83 bits per heavy atom. The molecule has 0 saturated heterocycles. The molecule has 0 spiro atoms. The topological polar surface area (TPSA) is 116 Å². The van der Waals surface area contributed by atoms with Gasteiger partial charge in [-0.3, -0.25) is 4.79 Å². The van der Waals surface area contributed by atoms with Gasteiger partial charge in [-0.15, -0.1) is 0 Å². The Morgan fingerprint density at radius 3 is 2.61 bits per heavy atom. The molecule has 0 fully saturated rings. The first-order valence-corrected chi connectivity index (χ1v) is 15.6. The Kier molecular flexibility index (Phi) is 10.9. The van der Waals surface area contributed by atoms with E-state index in [0.29, 0.717) is 53.5 Å². The zero-order chi connectivity index (χ0) is 32.5. The largest absolute Gasteiger partial charge is 0.618 e. The zero-order valence-corrected chi connectivity index (χ0v) is 26.5. The van der Waals surface area contributed by atoms with Gasteiger partial charge in [0, 0.05) is 53.9 Å². The van der Waals surface area contributed by atoms with Crippen LogP contribution in [-0.2, 0) is 9.53 Å². The number of pyridine rings is 1. The maximum absolute atomic E-state index is 13.4. The number of hydrogen-bond acceptors (Lipinski definition) is 7. The van der Waals surface area contributed by atoms with E-state index in [1.165, 1.54) is 13.3 Å². The summed E-state index contributed by atoms with van der Waals surface area (Å²) in [6.07, 6.45) is 4.80. The van der Waals surface area contributed by atoms with Crippen molar-refractivity contribution in [2.24, 2.45) is 0 Å². The van der Waals surface area contributed by atoms with Crippen LogP contribution in [0.25, 0.3) is 17.2 Å². The third kappa shape index (κ3) is 8.04. The van der Waals surface area contributed by atoms with Crippen molar-refractivity contribution in [1.29, 1.82) is 0 Å². The number of carbonyl (C=O) groups is 1. The number of fused-ring (bicyclic) bond motifs is 1. The van der Waals surface area contributed by atoms with Crippen LogP contribution in [-0.4, -0.2) is 44.5 Å². The summed E-state index contributed by atoms with van der Waals surface area (Å²) in [5, 5.41) is 29.7. The molecule has 9 nitrogen and oxygen atoms in total. The molecule has 2 heterocycles. The molecule has 1 aliphatic rings. The minimum atomic E-state index is -1.20. The lowest BCUT2D eigenvalue weighted by atomic mass is 10.00. The van der Waals surface area contributed by atoms with Crippen LogP contribution in [0.2, 0.25) is 0 Å². The number of carbonyl (C=O) groups excluding carboxylic acids is 1. The fraction of sp³-hybridized carbons (Fsp3) is 0.297. The first-order chi connectivity index (χ1) is 22.4. The third-order valence-corrected chi connectivity index (χ3v) is 7.88. The molecule has 1 aliphatic heterocycles. The molecule has 240 valence electrons. The van der Waals surface area contributed by atoms with Crippen molar-refractivity contribution in [3.8, 4) is 22.6 Å². The van der Waals surface area contributed by atoms with Gasteiger partial charge in [-0.2, -0.15) is 4.73 Å². The maximum atomic E-state index is 13.4. The number of anilines is 2. The number of methoxy groups -OCH3 is 1. The van der Waals surface area contributed by atoms with Crippen LogP contribution >= 0.6 is 0 Å². The molecular weight excluding hydrogens is 582 g/mol. The van der Waals surface area contributed by atoms with Gasteiger partial charge >= 0.3 is 0 Å². The quantitative estimate of drug-likeness (QED) is 0.0894. The Hall–Kier alpha value is -4.86. The number of aromatic nitrogens is 1. The molecule has 4 aromatic rings. The van der Waals surface area contributed by atoms with E-state index in [4.69, 9.17) is 14.2 Å². The van der Waals surface area contributed by atoms with E-state index >= 15 is 0 Å². The highest BCUT2D eigenvalue weighted by atomic mass is 16.5. The van der Waals surface area contributed by atoms with Crippen molar-refractivity contribution in [2.45, 2.75) is 39.2 Å². The van der Waals surface area contributed by atoms with E-state index in [1.807, 2.05) is 43.3 Å². The average molecular weight is 624 g/mol. The molecular formula is C37H41N3O6. The molecule has 1 aromatic heterocycles. The van der Waals surface area contributed by atoms with E-state index in [2.05, 4.69) is 29.7 Å². The highest BCUT2D eigenvalue weighted by Gasteiger charge is 2.24. The Bertz CT molecular complexity index is 1690. The molecule has 0 saturated carbocycles. The highest BCUT2D eigenvalue weighted by molar-refractivity contribution is 6.07. The number of benzene rings is 3. The Labute approximate surface area is 270 Å². The van der Waals surface area contributed by atoms with Crippen molar-refractivity contribution in [2.75, 3.05) is 44.1 Å². The number of aliphatic hydroxyl groups excluding tert-OH is 1. The second kappa shape index (κ2) is 15.4. The lowest BCUT2D eigenvalue weighted by molar-refractivity contribution is -0.617. The van der Waals surface area contributed by atoms with Crippen LogP contribution < -0.4 is 24.8 Å². The van der Waals surface area contributed by atoms with Crippen molar-refractivity contribution < 1.29 is 28.8 Å². The molecule has 3 N–H and O–H groups in total. The molecule has 1 amide bonds. The number of nitrogens with one attached hydrogen (secondary N) is 2. The van der Waals surface area contributed by atoms with Gasteiger partial charge in [0.1, 0.15) is 18.1 Å². The summed E-state index contributed by atoms with van der Waals surface area (Å²) in [6, 6.07) is 22.5. The maximum Gasteiger partial charge on any atom is 0.251 e. The predicted molar refractivity (Wildman–Crippen MR) is 180 cm³/mol. The van der Waals surface area contributed by atoms with Crippen LogP contribution in [0.3, 0.4) is 0 Å². The molecule has 1 atom stereocenters. The summed E-state index contributed by atoms with van der Waals surface area (Å²) in [6.45, 7) is 6.44. The van der Waals surface area contributed by atoms with Gasteiger partial charge in [0.2, 0.25) is 5.69 Å². The molecule has 5 rings (SSSR count). The van der Waals surface area contributed by atoms with E-state index in [0.717, 1.165) is 53.1 Å². The van der Waals surface area contributed by atoms with Crippen LogP contribution in [0.15, 0.2) is 84.6 Å². The first-order valence-electron chi connectivity index (χ1n) is 15.6.